The molecule has 0 radical (unpaired) electrons. The Bertz CT molecular complexity index is 1880. The van der Waals surface area contributed by atoms with E-state index in [1.165, 1.54) is 0 Å². The molecule has 0 bridgehead atoms. The molecule has 0 aliphatic rings. The third-order valence-corrected chi connectivity index (χ3v) is 7.37. The lowest BCUT2D eigenvalue weighted by molar-refractivity contribution is 0.100. The molecule has 6 aromatic rings. The number of nitrogens with zero attached hydrogens (tertiary/aromatic N) is 8. The number of imidazole rings is 2. The lowest BCUT2D eigenvalue weighted by Gasteiger charge is -2.10. The highest BCUT2D eigenvalue weighted by Gasteiger charge is 2.19. The van der Waals surface area contributed by atoms with Crippen LogP contribution in [0.15, 0.2) is 72.8 Å². The fourth-order valence-electron chi connectivity index (χ4n) is 5.34. The van der Waals surface area contributed by atoms with Crippen LogP contribution in [-0.4, -0.2) is 50.5 Å². The zero-order valence-electron chi connectivity index (χ0n) is 25.2. The van der Waals surface area contributed by atoms with Gasteiger partial charge in [-0.25, -0.2) is 9.97 Å². The number of carbonyl (C=O) groups is 2. The van der Waals surface area contributed by atoms with Gasteiger partial charge in [0.1, 0.15) is 11.4 Å². The zero-order valence-corrected chi connectivity index (χ0v) is 25.2. The van der Waals surface area contributed by atoms with Gasteiger partial charge in [0.15, 0.2) is 0 Å². The number of hydrogen-bond acceptors (Lipinski definition) is 6. The molecular formula is C32H34N10O2. The van der Waals surface area contributed by atoms with Gasteiger partial charge in [0.05, 0.1) is 33.5 Å². The summed E-state index contributed by atoms with van der Waals surface area (Å²) in [6.45, 7) is 9.73. The topological polar surface area (TPSA) is 129 Å². The molecular weight excluding hydrogens is 556 g/mol. The van der Waals surface area contributed by atoms with Crippen molar-refractivity contribution in [3.63, 3.8) is 0 Å². The van der Waals surface area contributed by atoms with Gasteiger partial charge in [-0.3, -0.25) is 29.6 Å². The second-order valence-corrected chi connectivity index (χ2v) is 10.4. The van der Waals surface area contributed by atoms with Crippen molar-refractivity contribution in [3.8, 4) is 0 Å². The van der Waals surface area contributed by atoms with Crippen LogP contribution in [0, 0.1) is 13.8 Å². The van der Waals surface area contributed by atoms with Crippen LogP contribution in [0.4, 0.5) is 11.9 Å². The van der Waals surface area contributed by atoms with E-state index in [4.69, 9.17) is 9.97 Å². The maximum Gasteiger partial charge on any atom is 0.276 e. The monoisotopic (exact) mass is 590 g/mol. The molecule has 0 saturated carbocycles. The van der Waals surface area contributed by atoms with Crippen molar-refractivity contribution < 1.29 is 9.59 Å². The standard InChI is InChI=1S/C32H34N10O2/c1-5-41-27(19-21(3)37-41)29(43)35-31-33-23-13-7-9-15-25(23)39(31)17-11-12-18-40-26-16-10-8-14-24(26)34-32(40)36-30(44)28-20-22(4)38-42(28)6-2/h7-16,19-20H,5-6,17-18H2,1-4H3,(H,33,35,43)(H,34,36,44)/b12-11+. The second kappa shape index (κ2) is 12.0. The number of hydrogen-bond donors (Lipinski definition) is 2. The maximum absolute atomic E-state index is 13.2. The molecule has 4 heterocycles. The molecule has 2 aromatic carbocycles. The summed E-state index contributed by atoms with van der Waals surface area (Å²) < 4.78 is 7.29. The number of fused-ring (bicyclic) bond motifs is 2. The highest BCUT2D eigenvalue weighted by molar-refractivity contribution is 6.03. The van der Waals surface area contributed by atoms with Gasteiger partial charge in [0.2, 0.25) is 11.9 Å². The number of para-hydroxylation sites is 4. The summed E-state index contributed by atoms with van der Waals surface area (Å²) in [5.41, 5.74) is 5.89. The van der Waals surface area contributed by atoms with E-state index in [1.807, 2.05) is 97.5 Å². The van der Waals surface area contributed by atoms with E-state index >= 15 is 0 Å². The first-order valence-corrected chi connectivity index (χ1v) is 14.6. The van der Waals surface area contributed by atoms with Gasteiger partial charge in [0.25, 0.3) is 11.8 Å². The summed E-state index contributed by atoms with van der Waals surface area (Å²) in [4.78, 5) is 35.8. The number of benzene rings is 2. The van der Waals surface area contributed by atoms with Gasteiger partial charge < -0.3 is 9.13 Å². The fourth-order valence-corrected chi connectivity index (χ4v) is 5.34. The minimum atomic E-state index is -0.266. The van der Waals surface area contributed by atoms with Crippen LogP contribution < -0.4 is 10.6 Å². The first-order valence-electron chi connectivity index (χ1n) is 14.6. The molecule has 12 heteroatoms. The fraction of sp³-hybridized carbons (Fsp3) is 0.250. The Balaban J connectivity index is 1.25. The van der Waals surface area contributed by atoms with Crippen molar-refractivity contribution in [2.45, 2.75) is 53.9 Å². The first-order chi connectivity index (χ1) is 21.4. The minimum absolute atomic E-state index is 0.266. The summed E-state index contributed by atoms with van der Waals surface area (Å²) in [6.07, 6.45) is 4.03. The van der Waals surface area contributed by atoms with Crippen LogP contribution in [0.25, 0.3) is 22.1 Å². The Morgan fingerprint density at radius 3 is 1.50 bits per heavy atom. The zero-order chi connectivity index (χ0) is 30.8. The summed E-state index contributed by atoms with van der Waals surface area (Å²) in [5.74, 6) is 0.369. The van der Waals surface area contributed by atoms with E-state index in [-0.39, 0.29) is 11.8 Å². The molecule has 6 rings (SSSR count). The van der Waals surface area contributed by atoms with Gasteiger partial charge in [-0.15, -0.1) is 0 Å². The van der Waals surface area contributed by atoms with Crippen LogP contribution in [0.2, 0.25) is 0 Å². The van der Waals surface area contributed by atoms with Crippen LogP contribution in [-0.2, 0) is 26.2 Å². The smallest absolute Gasteiger partial charge is 0.276 e. The Hall–Kier alpha value is -5.52. The molecule has 12 nitrogen and oxygen atoms in total. The summed E-state index contributed by atoms with van der Waals surface area (Å²) >= 11 is 0. The molecule has 44 heavy (non-hydrogen) atoms. The third kappa shape index (κ3) is 5.49. The van der Waals surface area contributed by atoms with Crippen molar-refractivity contribution in [2.75, 3.05) is 10.6 Å². The normalized spacial score (nSPS) is 11.6. The summed E-state index contributed by atoms with van der Waals surface area (Å²) in [7, 11) is 0. The van der Waals surface area contributed by atoms with Crippen molar-refractivity contribution in [1.82, 2.24) is 38.7 Å². The van der Waals surface area contributed by atoms with Crippen molar-refractivity contribution in [2.24, 2.45) is 0 Å². The van der Waals surface area contributed by atoms with Crippen LogP contribution >= 0.6 is 0 Å². The highest BCUT2D eigenvalue weighted by Crippen LogP contribution is 2.22. The number of rotatable bonds is 10. The largest absolute Gasteiger partial charge is 0.306 e. The molecule has 0 saturated heterocycles. The molecule has 224 valence electrons. The van der Waals surface area contributed by atoms with Crippen LogP contribution in [0.5, 0.6) is 0 Å². The van der Waals surface area contributed by atoms with Gasteiger partial charge in [-0.2, -0.15) is 10.2 Å². The number of aryl methyl sites for hydroxylation is 4. The average Bonchev–Trinajstić information content (AvgIpc) is 3.78. The molecule has 2 amide bonds. The lowest BCUT2D eigenvalue weighted by Crippen LogP contribution is -2.20. The van der Waals surface area contributed by atoms with Crippen LogP contribution in [0.3, 0.4) is 0 Å². The predicted molar refractivity (Wildman–Crippen MR) is 170 cm³/mol. The molecule has 2 N–H and O–H groups in total. The van der Waals surface area contributed by atoms with E-state index in [0.717, 1.165) is 33.5 Å². The predicted octanol–water partition coefficient (Wildman–Crippen LogP) is 5.20. The molecule has 4 aromatic heterocycles. The highest BCUT2D eigenvalue weighted by atomic mass is 16.2. The number of amides is 2. The molecule has 0 aliphatic carbocycles. The molecule has 0 fully saturated rings. The van der Waals surface area contributed by atoms with Gasteiger partial charge >= 0.3 is 0 Å². The summed E-state index contributed by atoms with van der Waals surface area (Å²) in [5, 5.41) is 14.8. The lowest BCUT2D eigenvalue weighted by atomic mass is 10.3. The Kier molecular flexibility index (Phi) is 7.80. The van der Waals surface area contributed by atoms with E-state index in [2.05, 4.69) is 20.8 Å². The van der Waals surface area contributed by atoms with E-state index in [1.54, 1.807) is 21.5 Å². The quantitative estimate of drug-likeness (QED) is 0.211. The second-order valence-electron chi connectivity index (χ2n) is 10.4. The molecule has 0 atom stereocenters. The SMILES string of the molecule is CCn1nc(C)cc1C(=O)Nc1nc2ccccc2n1C/C=C/Cn1c(NC(=O)c2cc(C)nn2CC)nc2ccccc21. The number of anilines is 2. The number of carbonyl (C=O) groups excluding carboxylic acids is 2. The number of allylic oxidation sites excluding steroid dienone is 2. The number of aromatic nitrogens is 8. The van der Waals surface area contributed by atoms with E-state index in [9.17, 15) is 9.59 Å². The molecule has 0 unspecified atom stereocenters. The third-order valence-electron chi connectivity index (χ3n) is 7.37. The van der Waals surface area contributed by atoms with Gasteiger partial charge in [-0.1, -0.05) is 36.4 Å². The van der Waals surface area contributed by atoms with E-state index in [0.29, 0.717) is 49.5 Å². The summed E-state index contributed by atoms with van der Waals surface area (Å²) in [6, 6.07) is 19.1. The van der Waals surface area contributed by atoms with Crippen LogP contribution in [0.1, 0.15) is 46.2 Å². The Morgan fingerprint density at radius 1 is 0.682 bits per heavy atom. The van der Waals surface area contributed by atoms with Gasteiger partial charge in [-0.05, 0) is 64.1 Å². The maximum atomic E-state index is 13.2. The van der Waals surface area contributed by atoms with Gasteiger partial charge in [0, 0.05) is 26.2 Å². The first kappa shape index (κ1) is 28.6. The Labute approximate surface area is 254 Å². The Morgan fingerprint density at radius 2 is 1.09 bits per heavy atom. The van der Waals surface area contributed by atoms with Crippen molar-refractivity contribution in [3.05, 3.63) is 95.6 Å². The molecule has 0 spiro atoms. The average molecular weight is 591 g/mol. The van der Waals surface area contributed by atoms with Crippen molar-refractivity contribution in [1.29, 1.82) is 0 Å². The van der Waals surface area contributed by atoms with Crippen molar-refractivity contribution >= 4 is 45.8 Å². The van der Waals surface area contributed by atoms with E-state index < -0.39 is 0 Å². The minimum Gasteiger partial charge on any atom is -0.306 e. The molecule has 0 aliphatic heterocycles. The number of nitrogens with one attached hydrogen (secondary N) is 2.